The average molecular weight is 641 g/mol. The molecule has 0 heterocycles. The zero-order valence-corrected chi connectivity index (χ0v) is 20.9. The summed E-state index contributed by atoms with van der Waals surface area (Å²) in [6.07, 6.45) is 4.80. The number of aromatic carboxylic acids is 2. The molecule has 0 radical (unpaired) electrons. The molecule has 2 unspecified atom stereocenters. The van der Waals surface area contributed by atoms with Crippen molar-refractivity contribution in [2.24, 2.45) is 5.92 Å². The van der Waals surface area contributed by atoms with Crippen LogP contribution in [0.3, 0.4) is 0 Å². The summed E-state index contributed by atoms with van der Waals surface area (Å²) in [5.41, 5.74) is 19.4. The molecule has 2 aromatic carbocycles. The summed E-state index contributed by atoms with van der Waals surface area (Å²) < 4.78 is 9.72. The number of carboxylic acids is 2. The van der Waals surface area contributed by atoms with Crippen LogP contribution in [0, 0.1) is 12.8 Å². The third kappa shape index (κ3) is 10.1. The van der Waals surface area contributed by atoms with Crippen molar-refractivity contribution in [2.45, 2.75) is 31.7 Å². The van der Waals surface area contributed by atoms with Crippen molar-refractivity contribution in [2.75, 3.05) is 25.7 Å². The van der Waals surface area contributed by atoms with E-state index in [0.29, 0.717) is 28.8 Å². The van der Waals surface area contributed by atoms with Gasteiger partial charge in [-0.1, -0.05) is 25.7 Å². The van der Waals surface area contributed by atoms with Crippen LogP contribution in [0.1, 0.15) is 46.4 Å². The Balaban J connectivity index is 0.000000468. The van der Waals surface area contributed by atoms with E-state index in [1.54, 1.807) is 0 Å². The number of nitrogen functional groups attached to an aromatic ring is 2. The fourth-order valence-electron chi connectivity index (χ4n) is 2.94. The number of rotatable bonds is 4. The topological polar surface area (TPSA) is 169 Å². The van der Waals surface area contributed by atoms with Crippen molar-refractivity contribution in [3.63, 3.8) is 0 Å². The van der Waals surface area contributed by atoms with Crippen molar-refractivity contribution < 1.29 is 50.3 Å². The summed E-state index contributed by atoms with van der Waals surface area (Å²) in [6.45, 7) is 3.89. The summed E-state index contributed by atoms with van der Waals surface area (Å²) in [4.78, 5) is 20.9. The molecule has 0 saturated heterocycles. The summed E-state index contributed by atoms with van der Waals surface area (Å²) in [6, 6.07) is 8.80. The van der Waals surface area contributed by atoms with Crippen LogP contribution < -0.4 is 20.9 Å². The predicted octanol–water partition coefficient (Wildman–Crippen LogP) is 4.38. The Kier molecular flexibility index (Phi) is 13.9. The smallest absolute Gasteiger partial charge is 0.677 e. The summed E-state index contributed by atoms with van der Waals surface area (Å²) in [5, 5.41) is 17.2. The van der Waals surface area contributed by atoms with Gasteiger partial charge >= 0.3 is 33.0 Å². The number of hydrogen-bond acceptors (Lipinski definition) is 6. The van der Waals surface area contributed by atoms with E-state index in [9.17, 15) is 9.59 Å². The largest absolute Gasteiger partial charge is 2.00 e. The maximum absolute atomic E-state index is 10.5. The van der Waals surface area contributed by atoms with Crippen LogP contribution >= 0.6 is 0 Å². The first-order valence-corrected chi connectivity index (χ1v) is 9.98. The van der Waals surface area contributed by atoms with Gasteiger partial charge in [-0.05, 0) is 36.4 Å². The van der Waals surface area contributed by atoms with Crippen molar-refractivity contribution in [3.05, 3.63) is 60.2 Å². The number of anilines is 2. The number of ether oxygens (including phenoxy) is 2. The molecule has 1 aliphatic rings. The van der Waals surface area contributed by atoms with Gasteiger partial charge in [0.1, 0.15) is 11.5 Å². The van der Waals surface area contributed by atoms with Gasteiger partial charge in [0.25, 0.3) is 0 Å². The van der Waals surface area contributed by atoms with Crippen LogP contribution in [0.5, 0.6) is 11.5 Å². The van der Waals surface area contributed by atoms with E-state index < -0.39 is 11.9 Å². The molecular weight excluding hydrogens is 609 g/mol. The molecule has 7 N–H and O–H groups in total. The fraction of sp³-hybridized carbons (Fsp3) is 0.348. The van der Waals surface area contributed by atoms with Crippen LogP contribution in [0.2, 0.25) is 0 Å². The van der Waals surface area contributed by atoms with E-state index in [2.05, 4.69) is 6.92 Å². The zero-order valence-electron chi connectivity index (χ0n) is 18.7. The van der Waals surface area contributed by atoms with Gasteiger partial charge in [-0.25, -0.2) is 9.59 Å². The molecule has 0 amide bonds. The van der Waals surface area contributed by atoms with Crippen LogP contribution in [0.15, 0.2) is 36.4 Å². The van der Waals surface area contributed by atoms with E-state index >= 15 is 0 Å². The van der Waals surface area contributed by atoms with E-state index in [1.165, 1.54) is 69.9 Å². The first-order valence-electron chi connectivity index (χ1n) is 9.98. The van der Waals surface area contributed by atoms with Gasteiger partial charge in [-0.15, -0.1) is 0 Å². The molecule has 0 aliphatic heterocycles. The third-order valence-corrected chi connectivity index (χ3v) is 4.86. The second kappa shape index (κ2) is 15.1. The number of methoxy groups -OCH3 is 2. The van der Waals surface area contributed by atoms with E-state index in [1.807, 2.05) is 0 Å². The minimum Gasteiger partial charge on any atom is -0.677 e. The van der Waals surface area contributed by atoms with Gasteiger partial charge in [-0.2, -0.15) is 12.0 Å². The molecule has 0 bridgehead atoms. The Morgan fingerprint density at radius 3 is 1.55 bits per heavy atom. The molecule has 10 heteroatoms. The predicted molar refractivity (Wildman–Crippen MR) is 124 cm³/mol. The Morgan fingerprint density at radius 2 is 1.30 bits per heavy atom. The molecular formula is C23H31N3O6Pt. The van der Waals surface area contributed by atoms with E-state index in [4.69, 9.17) is 36.9 Å². The van der Waals surface area contributed by atoms with Crippen LogP contribution in [0.25, 0.3) is 5.73 Å². The number of nitrogens with two attached hydrogens (primary N) is 2. The number of benzene rings is 2. The van der Waals surface area contributed by atoms with Gasteiger partial charge in [-0.3, -0.25) is 0 Å². The Morgan fingerprint density at radius 1 is 0.909 bits per heavy atom. The van der Waals surface area contributed by atoms with Gasteiger partial charge in [0.05, 0.1) is 36.7 Å². The average Bonchev–Trinajstić information content (AvgIpc) is 2.76. The van der Waals surface area contributed by atoms with Crippen molar-refractivity contribution >= 4 is 23.3 Å². The SMILES string of the molecule is COc1ccc(C(=O)O)cc1N.COc1ccc(C(=O)O)cc1N.[CH2-]C1CCCCC1[NH-].[Pt+2]. The second-order valence-corrected chi connectivity index (χ2v) is 7.17. The van der Waals surface area contributed by atoms with Crippen molar-refractivity contribution in [1.82, 2.24) is 0 Å². The van der Waals surface area contributed by atoms with Crippen molar-refractivity contribution in [3.8, 4) is 11.5 Å². The van der Waals surface area contributed by atoms with Gasteiger partial charge in [0.15, 0.2) is 0 Å². The first-order chi connectivity index (χ1) is 15.1. The number of carbonyl (C=O) groups is 2. The first kappa shape index (κ1) is 30.2. The summed E-state index contributed by atoms with van der Waals surface area (Å²) >= 11 is 0. The molecule has 3 rings (SSSR count). The van der Waals surface area contributed by atoms with Gasteiger partial charge in [0, 0.05) is 0 Å². The Hall–Kier alpha value is -2.77. The van der Waals surface area contributed by atoms with E-state index in [-0.39, 0.29) is 38.2 Å². The molecule has 184 valence electrons. The molecule has 33 heavy (non-hydrogen) atoms. The minimum absolute atomic E-state index is 0. The third-order valence-electron chi connectivity index (χ3n) is 4.86. The molecule has 0 aromatic heterocycles. The summed E-state index contributed by atoms with van der Waals surface area (Å²) in [5.74, 6) is -0.600. The monoisotopic (exact) mass is 640 g/mol. The molecule has 0 spiro atoms. The molecule has 1 saturated carbocycles. The maximum atomic E-state index is 10.5. The molecule has 1 aliphatic carbocycles. The standard InChI is InChI=1S/2C8H9NO3.C7H13N.Pt/c2*1-12-7-3-2-5(8(10)11)4-6(7)9;1-6-4-2-3-5-7(6)8;/h2*2-4H,9H2,1H3,(H,10,11);6-8H,1-5H2;/q;;-2;+2. The van der Waals surface area contributed by atoms with E-state index in [0.717, 1.165) is 6.42 Å². The number of carboxylic acid groups (broad SMARTS) is 2. The number of nitrogens with one attached hydrogen (secondary N) is 1. The molecule has 1 fully saturated rings. The molecule has 2 atom stereocenters. The molecule has 9 nitrogen and oxygen atoms in total. The Bertz CT molecular complexity index is 836. The second-order valence-electron chi connectivity index (χ2n) is 7.17. The fourth-order valence-corrected chi connectivity index (χ4v) is 2.94. The number of hydrogen-bond donors (Lipinski definition) is 4. The van der Waals surface area contributed by atoms with Crippen molar-refractivity contribution in [1.29, 1.82) is 0 Å². The maximum Gasteiger partial charge on any atom is 2.00 e. The minimum atomic E-state index is -0.996. The normalized spacial score (nSPS) is 16.5. The van der Waals surface area contributed by atoms with Crippen LogP contribution in [-0.2, 0) is 21.1 Å². The van der Waals surface area contributed by atoms with Crippen LogP contribution in [0.4, 0.5) is 11.4 Å². The zero-order chi connectivity index (χ0) is 24.3. The Labute approximate surface area is 208 Å². The van der Waals surface area contributed by atoms with Gasteiger partial charge in [0.2, 0.25) is 0 Å². The van der Waals surface area contributed by atoms with Gasteiger partial charge < -0.3 is 43.8 Å². The molecule has 2 aromatic rings. The summed E-state index contributed by atoms with van der Waals surface area (Å²) in [7, 11) is 2.96. The quantitative estimate of drug-likeness (QED) is 0.282. The van der Waals surface area contributed by atoms with Crippen LogP contribution in [-0.4, -0.2) is 42.4 Å².